The van der Waals surface area contributed by atoms with E-state index in [9.17, 15) is 31.2 Å². The summed E-state index contributed by atoms with van der Waals surface area (Å²) in [5, 5.41) is 0. The van der Waals surface area contributed by atoms with Crippen LogP contribution in [-0.4, -0.2) is 68.9 Å². The lowest BCUT2D eigenvalue weighted by Crippen LogP contribution is -2.50. The van der Waals surface area contributed by atoms with Crippen LogP contribution >= 0.6 is 0 Å². The van der Waals surface area contributed by atoms with Crippen LogP contribution in [0.2, 0.25) is 0 Å². The maximum absolute atomic E-state index is 12.8. The number of nitrogens with zero attached hydrogens (tertiary/aromatic N) is 2. The second kappa shape index (κ2) is 9.56. The first kappa shape index (κ1) is 23.5. The predicted octanol–water partition coefficient (Wildman–Crippen LogP) is 2.39. The van der Waals surface area contributed by atoms with Gasteiger partial charge in [-0.2, -0.15) is 13.2 Å². The molecule has 0 radical (unpaired) electrons. The number of carbonyl (C=O) groups is 2. The summed E-state index contributed by atoms with van der Waals surface area (Å²) >= 11 is 0. The van der Waals surface area contributed by atoms with Crippen LogP contribution in [0.3, 0.4) is 0 Å². The number of nitrogens with one attached hydrogen (secondary N) is 1. The number of rotatable bonds is 6. The first-order chi connectivity index (χ1) is 14.5. The van der Waals surface area contributed by atoms with Crippen LogP contribution in [0, 0.1) is 5.92 Å². The van der Waals surface area contributed by atoms with Gasteiger partial charge in [-0.3, -0.25) is 9.59 Å². The van der Waals surface area contributed by atoms with Gasteiger partial charge in [0.25, 0.3) is 5.91 Å². The minimum atomic E-state index is -4.69. The van der Waals surface area contributed by atoms with E-state index in [0.29, 0.717) is 38.5 Å². The number of halogens is 3. The Morgan fingerprint density at radius 1 is 1.03 bits per heavy atom. The van der Waals surface area contributed by atoms with Crippen molar-refractivity contribution in [2.45, 2.75) is 43.2 Å². The number of amides is 2. The first-order valence-corrected chi connectivity index (χ1v) is 11.8. The summed E-state index contributed by atoms with van der Waals surface area (Å²) in [7, 11) is -4.41. The Morgan fingerprint density at radius 3 is 2.26 bits per heavy atom. The highest BCUT2D eigenvalue weighted by molar-refractivity contribution is 7.89. The van der Waals surface area contributed by atoms with Crippen LogP contribution in [-0.2, 0) is 14.8 Å². The molecule has 1 aliphatic heterocycles. The second-order valence-corrected chi connectivity index (χ2v) is 9.76. The molecule has 0 atom stereocenters. The Labute approximate surface area is 179 Å². The lowest BCUT2D eigenvalue weighted by atomic mass is 10.0. The van der Waals surface area contributed by atoms with Gasteiger partial charge in [0.15, 0.2) is 0 Å². The van der Waals surface area contributed by atoms with Gasteiger partial charge in [0.2, 0.25) is 15.9 Å². The molecule has 11 heteroatoms. The molecule has 1 aromatic rings. The third-order valence-corrected chi connectivity index (χ3v) is 7.11. The highest BCUT2D eigenvalue weighted by Gasteiger charge is 2.31. The van der Waals surface area contributed by atoms with E-state index in [2.05, 4.69) is 0 Å². The van der Waals surface area contributed by atoms with E-state index in [4.69, 9.17) is 0 Å². The number of carbonyl (C=O) groups excluding carboxylic acids is 2. The van der Waals surface area contributed by atoms with Crippen LogP contribution < -0.4 is 4.72 Å². The molecule has 2 aliphatic rings. The average molecular weight is 462 g/mol. The minimum Gasteiger partial charge on any atom is -0.339 e. The molecule has 0 unspecified atom stereocenters. The molecule has 7 nitrogen and oxygen atoms in total. The third-order valence-electron chi connectivity index (χ3n) is 5.71. The molecule has 2 fully saturated rings. The van der Waals surface area contributed by atoms with E-state index in [1.165, 1.54) is 34.6 Å². The Morgan fingerprint density at radius 2 is 1.65 bits per heavy atom. The van der Waals surface area contributed by atoms with Crippen LogP contribution in [0.15, 0.2) is 29.2 Å². The molecule has 1 aromatic carbocycles. The lowest BCUT2D eigenvalue weighted by molar-refractivity contribution is -0.133. The smallest absolute Gasteiger partial charge is 0.339 e. The molecule has 1 N–H and O–H groups in total. The highest BCUT2D eigenvalue weighted by Crippen LogP contribution is 2.28. The fourth-order valence-corrected chi connectivity index (χ4v) is 5.05. The zero-order valence-corrected chi connectivity index (χ0v) is 17.8. The van der Waals surface area contributed by atoms with Crippen molar-refractivity contribution in [3.8, 4) is 0 Å². The molecule has 1 saturated heterocycles. The van der Waals surface area contributed by atoms with Crippen LogP contribution in [0.1, 0.15) is 42.5 Å². The van der Waals surface area contributed by atoms with Crippen molar-refractivity contribution in [2.75, 3.05) is 32.7 Å². The maximum Gasteiger partial charge on any atom is 0.402 e. The zero-order chi connectivity index (χ0) is 22.6. The van der Waals surface area contributed by atoms with Crippen molar-refractivity contribution < 1.29 is 31.2 Å². The van der Waals surface area contributed by atoms with Gasteiger partial charge in [0, 0.05) is 38.2 Å². The van der Waals surface area contributed by atoms with Crippen molar-refractivity contribution in [1.82, 2.24) is 14.5 Å². The predicted molar refractivity (Wildman–Crippen MR) is 107 cm³/mol. The van der Waals surface area contributed by atoms with Crippen molar-refractivity contribution in [3.63, 3.8) is 0 Å². The highest BCUT2D eigenvalue weighted by atomic mass is 32.2. The first-order valence-electron chi connectivity index (χ1n) is 10.3. The fourth-order valence-electron chi connectivity index (χ4n) is 3.99. The van der Waals surface area contributed by atoms with Gasteiger partial charge < -0.3 is 9.80 Å². The van der Waals surface area contributed by atoms with Gasteiger partial charge in [-0.1, -0.05) is 18.9 Å². The molecule has 1 heterocycles. The monoisotopic (exact) mass is 461 g/mol. The van der Waals surface area contributed by atoms with Crippen molar-refractivity contribution >= 4 is 21.8 Å². The molecule has 1 saturated carbocycles. The quantitative estimate of drug-likeness (QED) is 0.705. The Kier molecular flexibility index (Phi) is 7.25. The molecular weight excluding hydrogens is 435 g/mol. The largest absolute Gasteiger partial charge is 0.402 e. The summed E-state index contributed by atoms with van der Waals surface area (Å²) in [4.78, 5) is 28.1. The Hall–Kier alpha value is -2.14. The Balaban J connectivity index is 1.58. The van der Waals surface area contributed by atoms with Crippen LogP contribution in [0.4, 0.5) is 13.2 Å². The summed E-state index contributed by atoms with van der Waals surface area (Å²) < 4.78 is 62.7. The van der Waals surface area contributed by atoms with Crippen molar-refractivity contribution in [1.29, 1.82) is 0 Å². The van der Waals surface area contributed by atoms with E-state index in [1.807, 2.05) is 0 Å². The molecule has 1 aliphatic carbocycles. The topological polar surface area (TPSA) is 86.8 Å². The summed E-state index contributed by atoms with van der Waals surface area (Å²) in [6, 6.07) is 4.94. The molecule has 0 spiro atoms. The summed E-state index contributed by atoms with van der Waals surface area (Å²) in [5.74, 6) is 0.126. The van der Waals surface area contributed by atoms with Gasteiger partial charge in [0.05, 0.1) is 4.90 Å². The van der Waals surface area contributed by atoms with Gasteiger partial charge in [-0.05, 0) is 37.0 Å². The SMILES string of the molecule is O=C(CC1CCCC1)N1CCN(C(=O)c2cccc(S(=O)(=O)NCC(F)(F)F)c2)CC1. The molecule has 31 heavy (non-hydrogen) atoms. The lowest BCUT2D eigenvalue weighted by Gasteiger charge is -2.35. The van der Waals surface area contributed by atoms with E-state index in [-0.39, 0.29) is 11.5 Å². The third kappa shape index (κ3) is 6.42. The number of alkyl halides is 3. The second-order valence-electron chi connectivity index (χ2n) is 8.00. The van der Waals surface area contributed by atoms with E-state index in [1.54, 1.807) is 4.90 Å². The Bertz CT molecular complexity index is 906. The summed E-state index contributed by atoms with van der Waals surface area (Å²) in [5.41, 5.74) is 0.0700. The fraction of sp³-hybridized carbons (Fsp3) is 0.600. The minimum absolute atomic E-state index is 0.0700. The molecule has 3 rings (SSSR count). The number of sulfonamides is 1. The van der Waals surface area contributed by atoms with E-state index in [0.717, 1.165) is 25.0 Å². The molecule has 0 bridgehead atoms. The molecule has 0 aromatic heterocycles. The normalized spacial score (nSPS) is 18.4. The van der Waals surface area contributed by atoms with Gasteiger partial charge in [0.1, 0.15) is 6.54 Å². The van der Waals surface area contributed by atoms with E-state index < -0.39 is 33.5 Å². The van der Waals surface area contributed by atoms with E-state index >= 15 is 0 Å². The number of hydrogen-bond donors (Lipinski definition) is 1. The number of hydrogen-bond acceptors (Lipinski definition) is 4. The zero-order valence-electron chi connectivity index (χ0n) is 17.0. The van der Waals surface area contributed by atoms with Crippen LogP contribution in [0.25, 0.3) is 0 Å². The van der Waals surface area contributed by atoms with Crippen molar-refractivity contribution in [3.05, 3.63) is 29.8 Å². The van der Waals surface area contributed by atoms with Gasteiger partial charge >= 0.3 is 6.18 Å². The summed E-state index contributed by atoms with van der Waals surface area (Å²) in [6.07, 6.45) is 0.359. The van der Waals surface area contributed by atoms with Gasteiger partial charge in [-0.15, -0.1) is 0 Å². The summed E-state index contributed by atoms with van der Waals surface area (Å²) in [6.45, 7) is -0.244. The number of piperazine rings is 1. The molecular formula is C20H26F3N3O4S. The average Bonchev–Trinajstić information content (AvgIpc) is 3.24. The standard InChI is InChI=1S/C20H26F3N3O4S/c21-20(22,23)14-24-31(29,30)17-7-3-6-16(13-17)19(28)26-10-8-25(9-11-26)18(27)12-15-4-1-2-5-15/h3,6-7,13,15,24H,1-2,4-5,8-12,14H2. The molecule has 172 valence electrons. The number of benzene rings is 1. The molecule has 2 amide bonds. The van der Waals surface area contributed by atoms with Crippen LogP contribution in [0.5, 0.6) is 0 Å². The van der Waals surface area contributed by atoms with Gasteiger partial charge in [-0.25, -0.2) is 13.1 Å². The van der Waals surface area contributed by atoms with Crippen molar-refractivity contribution in [2.24, 2.45) is 5.92 Å². The maximum atomic E-state index is 12.8.